The molecule has 0 saturated carbocycles. The van der Waals surface area contributed by atoms with E-state index in [1.807, 2.05) is 24.3 Å². The third-order valence-corrected chi connectivity index (χ3v) is 4.08. The Balaban J connectivity index is 2.10. The third-order valence-electron chi connectivity index (χ3n) is 3.35. The number of carbonyl (C=O) groups excluding carboxylic acids is 2. The summed E-state index contributed by atoms with van der Waals surface area (Å²) < 4.78 is 19.3. The van der Waals surface area contributed by atoms with E-state index in [1.54, 1.807) is 6.92 Å². The Hall–Kier alpha value is -2.41. The van der Waals surface area contributed by atoms with Crippen LogP contribution >= 0.6 is 15.9 Å². The first-order chi connectivity index (χ1) is 11.4. The molecule has 2 rings (SSSR count). The SMILES string of the molecule is COC(=O)c1ccc(F)c(NC(=O)NC(C)c2ccccc2Br)c1. The molecule has 2 N–H and O–H groups in total. The van der Waals surface area contributed by atoms with Crippen LogP contribution in [-0.4, -0.2) is 19.1 Å². The molecule has 0 aliphatic heterocycles. The first kappa shape index (κ1) is 17.9. The Morgan fingerprint density at radius 3 is 2.58 bits per heavy atom. The van der Waals surface area contributed by atoms with E-state index >= 15 is 0 Å². The van der Waals surface area contributed by atoms with Gasteiger partial charge in [-0.3, -0.25) is 0 Å². The number of benzene rings is 2. The summed E-state index contributed by atoms with van der Waals surface area (Å²) in [5, 5.41) is 5.11. The maximum absolute atomic E-state index is 13.8. The van der Waals surface area contributed by atoms with Crippen LogP contribution in [0.1, 0.15) is 28.9 Å². The molecule has 24 heavy (non-hydrogen) atoms. The van der Waals surface area contributed by atoms with Crippen molar-refractivity contribution in [2.45, 2.75) is 13.0 Å². The summed E-state index contributed by atoms with van der Waals surface area (Å²) in [6, 6.07) is 10.2. The van der Waals surface area contributed by atoms with Crippen LogP contribution in [0.2, 0.25) is 0 Å². The molecule has 2 aromatic carbocycles. The molecule has 0 aliphatic carbocycles. The van der Waals surface area contributed by atoms with Crippen molar-refractivity contribution in [3.05, 3.63) is 63.9 Å². The van der Waals surface area contributed by atoms with Gasteiger partial charge in [0.1, 0.15) is 5.82 Å². The molecule has 2 aromatic rings. The van der Waals surface area contributed by atoms with Gasteiger partial charge in [-0.15, -0.1) is 0 Å². The van der Waals surface area contributed by atoms with Crippen LogP contribution in [0, 0.1) is 5.82 Å². The first-order valence-electron chi connectivity index (χ1n) is 7.12. The Morgan fingerprint density at radius 1 is 1.21 bits per heavy atom. The minimum Gasteiger partial charge on any atom is -0.465 e. The number of halogens is 2. The molecule has 0 bridgehead atoms. The lowest BCUT2D eigenvalue weighted by molar-refractivity contribution is 0.0600. The van der Waals surface area contributed by atoms with E-state index in [-0.39, 0.29) is 17.3 Å². The van der Waals surface area contributed by atoms with Gasteiger partial charge in [-0.1, -0.05) is 34.1 Å². The molecule has 2 amide bonds. The van der Waals surface area contributed by atoms with Crippen molar-refractivity contribution in [3.8, 4) is 0 Å². The van der Waals surface area contributed by atoms with Crippen molar-refractivity contribution in [2.24, 2.45) is 0 Å². The minimum absolute atomic E-state index is 0.102. The summed E-state index contributed by atoms with van der Waals surface area (Å²) >= 11 is 3.42. The maximum Gasteiger partial charge on any atom is 0.337 e. The zero-order valence-electron chi connectivity index (χ0n) is 13.1. The molecule has 5 nitrogen and oxygen atoms in total. The monoisotopic (exact) mass is 394 g/mol. The molecule has 0 fully saturated rings. The van der Waals surface area contributed by atoms with Gasteiger partial charge in [0.2, 0.25) is 0 Å². The second-order valence-corrected chi connectivity index (χ2v) is 5.88. The summed E-state index contributed by atoms with van der Waals surface area (Å²) in [6.07, 6.45) is 0. The van der Waals surface area contributed by atoms with Gasteiger partial charge in [-0.25, -0.2) is 14.0 Å². The average molecular weight is 395 g/mol. The number of esters is 1. The van der Waals surface area contributed by atoms with Crippen LogP contribution in [0.3, 0.4) is 0 Å². The Labute approximate surface area is 147 Å². The fourth-order valence-corrected chi connectivity index (χ4v) is 2.75. The second-order valence-electron chi connectivity index (χ2n) is 5.03. The highest BCUT2D eigenvalue weighted by atomic mass is 79.9. The summed E-state index contributed by atoms with van der Waals surface area (Å²) in [6.45, 7) is 1.81. The van der Waals surface area contributed by atoms with Crippen LogP contribution in [0.25, 0.3) is 0 Å². The number of rotatable bonds is 4. The van der Waals surface area contributed by atoms with Gasteiger partial charge in [0.25, 0.3) is 0 Å². The largest absolute Gasteiger partial charge is 0.465 e. The number of methoxy groups -OCH3 is 1. The third kappa shape index (κ3) is 4.32. The fraction of sp³-hybridized carbons (Fsp3) is 0.176. The minimum atomic E-state index is -0.647. The molecular weight excluding hydrogens is 379 g/mol. The smallest absolute Gasteiger partial charge is 0.337 e. The number of hydrogen-bond acceptors (Lipinski definition) is 3. The Bertz CT molecular complexity index is 767. The number of amides is 2. The van der Waals surface area contributed by atoms with Crippen molar-refractivity contribution in [1.82, 2.24) is 5.32 Å². The van der Waals surface area contributed by atoms with Crippen molar-refractivity contribution < 1.29 is 18.7 Å². The number of ether oxygens (including phenoxy) is 1. The second kappa shape index (κ2) is 7.92. The lowest BCUT2D eigenvalue weighted by atomic mass is 10.1. The van der Waals surface area contributed by atoms with Gasteiger partial charge in [-0.05, 0) is 36.8 Å². The molecule has 0 radical (unpaired) electrons. The van der Waals surface area contributed by atoms with E-state index in [4.69, 9.17) is 0 Å². The molecule has 1 atom stereocenters. The Kier molecular flexibility index (Phi) is 5.92. The predicted octanol–water partition coefficient (Wildman–Crippen LogP) is 4.26. The molecule has 0 saturated heterocycles. The number of nitrogens with one attached hydrogen (secondary N) is 2. The Morgan fingerprint density at radius 2 is 1.92 bits per heavy atom. The van der Waals surface area contributed by atoms with E-state index in [0.717, 1.165) is 16.1 Å². The summed E-state index contributed by atoms with van der Waals surface area (Å²) in [4.78, 5) is 23.6. The molecule has 7 heteroatoms. The first-order valence-corrected chi connectivity index (χ1v) is 7.91. The van der Waals surface area contributed by atoms with Gasteiger partial charge >= 0.3 is 12.0 Å². The standard InChI is InChI=1S/C17H16BrFN2O3/c1-10(12-5-3-4-6-13(12)18)20-17(23)21-15-9-11(16(22)24-2)7-8-14(15)19/h3-10H,1-2H3,(H2,20,21,23). The van der Waals surface area contributed by atoms with Crippen LogP contribution in [0.5, 0.6) is 0 Å². The van der Waals surface area contributed by atoms with Gasteiger partial charge in [0.05, 0.1) is 24.4 Å². The van der Waals surface area contributed by atoms with Gasteiger partial charge in [-0.2, -0.15) is 0 Å². The topological polar surface area (TPSA) is 67.4 Å². The number of hydrogen-bond donors (Lipinski definition) is 2. The number of carbonyl (C=O) groups is 2. The zero-order valence-corrected chi connectivity index (χ0v) is 14.7. The van der Waals surface area contributed by atoms with Crippen molar-refractivity contribution >= 4 is 33.6 Å². The van der Waals surface area contributed by atoms with Crippen molar-refractivity contribution in [1.29, 1.82) is 0 Å². The lowest BCUT2D eigenvalue weighted by Crippen LogP contribution is -2.31. The van der Waals surface area contributed by atoms with E-state index in [0.29, 0.717) is 0 Å². The van der Waals surface area contributed by atoms with Gasteiger partial charge in [0.15, 0.2) is 0 Å². The van der Waals surface area contributed by atoms with E-state index in [2.05, 4.69) is 31.3 Å². The van der Waals surface area contributed by atoms with Crippen LogP contribution in [0.15, 0.2) is 46.9 Å². The van der Waals surface area contributed by atoms with Crippen molar-refractivity contribution in [2.75, 3.05) is 12.4 Å². The molecule has 126 valence electrons. The molecule has 1 unspecified atom stereocenters. The molecular formula is C17H16BrFN2O3. The molecule has 0 spiro atoms. The van der Waals surface area contributed by atoms with Crippen LogP contribution in [-0.2, 0) is 4.74 Å². The number of anilines is 1. The van der Waals surface area contributed by atoms with Gasteiger partial charge < -0.3 is 15.4 Å². The molecule has 0 aliphatic rings. The maximum atomic E-state index is 13.8. The highest BCUT2D eigenvalue weighted by molar-refractivity contribution is 9.10. The lowest BCUT2D eigenvalue weighted by Gasteiger charge is -2.17. The van der Waals surface area contributed by atoms with E-state index < -0.39 is 17.8 Å². The number of urea groups is 1. The highest BCUT2D eigenvalue weighted by Crippen LogP contribution is 2.23. The van der Waals surface area contributed by atoms with Crippen LogP contribution in [0.4, 0.5) is 14.9 Å². The molecule has 0 aromatic heterocycles. The highest BCUT2D eigenvalue weighted by Gasteiger charge is 2.15. The predicted molar refractivity (Wildman–Crippen MR) is 92.5 cm³/mol. The van der Waals surface area contributed by atoms with Crippen molar-refractivity contribution in [3.63, 3.8) is 0 Å². The van der Waals surface area contributed by atoms with E-state index in [1.165, 1.54) is 19.2 Å². The summed E-state index contributed by atoms with van der Waals surface area (Å²) in [7, 11) is 1.23. The summed E-state index contributed by atoms with van der Waals surface area (Å²) in [5.41, 5.74) is 0.930. The normalized spacial score (nSPS) is 11.5. The quantitative estimate of drug-likeness (QED) is 0.761. The molecule has 0 heterocycles. The fourth-order valence-electron chi connectivity index (χ4n) is 2.12. The van der Waals surface area contributed by atoms with Gasteiger partial charge in [0, 0.05) is 4.47 Å². The van der Waals surface area contributed by atoms with E-state index in [9.17, 15) is 14.0 Å². The zero-order chi connectivity index (χ0) is 17.7. The average Bonchev–Trinajstić information content (AvgIpc) is 2.56. The van der Waals surface area contributed by atoms with Crippen LogP contribution < -0.4 is 10.6 Å². The summed E-state index contributed by atoms with van der Waals surface area (Å²) in [5.74, 6) is -1.26.